The van der Waals surface area contributed by atoms with Crippen LogP contribution < -0.4 is 24.7 Å². The summed E-state index contributed by atoms with van der Waals surface area (Å²) in [4.78, 5) is 13.3. The standard InChI is InChI=1S/C29H22Cl2N2O5S/c1-3-35-21-10-5-15(11-23(21)36-4-2)25-18-9-7-17(13-22(18)38-28(33)20(25)14-32)37-29(34)27-26(31)19-8-6-16(30)12-24(19)39-27/h5-13,25H,3-4,33H2,1-2H3. The molecule has 0 fully saturated rings. The Labute approximate surface area is 238 Å². The number of halogens is 2. The smallest absolute Gasteiger partial charge is 0.355 e. The number of carbonyl (C=O) groups is 1. The van der Waals surface area contributed by atoms with E-state index in [1.165, 1.54) is 11.3 Å². The molecule has 0 saturated heterocycles. The second-order valence-corrected chi connectivity index (χ2v) is 10.3. The fourth-order valence-electron chi connectivity index (χ4n) is 4.41. The van der Waals surface area contributed by atoms with Crippen LogP contribution in [-0.4, -0.2) is 19.2 Å². The molecule has 7 nitrogen and oxygen atoms in total. The fourth-order valence-corrected chi connectivity index (χ4v) is 6.07. The minimum atomic E-state index is -0.612. The lowest BCUT2D eigenvalue weighted by Gasteiger charge is -2.27. The van der Waals surface area contributed by atoms with Crippen LogP contribution in [0.4, 0.5) is 0 Å². The minimum Gasteiger partial charge on any atom is -0.490 e. The summed E-state index contributed by atoms with van der Waals surface area (Å²) >= 11 is 13.7. The number of allylic oxidation sites excluding steroid dienone is 1. The first-order chi connectivity index (χ1) is 18.8. The van der Waals surface area contributed by atoms with Crippen molar-refractivity contribution in [3.8, 4) is 29.1 Å². The van der Waals surface area contributed by atoms with Crippen LogP contribution in [0.3, 0.4) is 0 Å². The van der Waals surface area contributed by atoms with Gasteiger partial charge in [0, 0.05) is 26.7 Å². The fraction of sp³-hybridized carbons (Fsp3) is 0.172. The number of hydrogen-bond acceptors (Lipinski definition) is 8. The summed E-state index contributed by atoms with van der Waals surface area (Å²) in [7, 11) is 0. The second kappa shape index (κ2) is 11.1. The van der Waals surface area contributed by atoms with Gasteiger partial charge in [-0.3, -0.25) is 0 Å². The molecule has 0 spiro atoms. The molecule has 4 aromatic rings. The molecule has 10 heteroatoms. The van der Waals surface area contributed by atoms with Gasteiger partial charge in [-0.25, -0.2) is 4.79 Å². The van der Waals surface area contributed by atoms with Crippen LogP contribution in [0.1, 0.15) is 40.6 Å². The SMILES string of the molecule is CCOc1ccc(C2C(C#N)=C(N)Oc3cc(OC(=O)c4sc5cc(Cl)ccc5c4Cl)ccc32)cc1OCC. The van der Waals surface area contributed by atoms with Crippen molar-refractivity contribution in [2.75, 3.05) is 13.2 Å². The number of benzene rings is 3. The predicted molar refractivity (Wildman–Crippen MR) is 151 cm³/mol. The third-order valence-corrected chi connectivity index (χ3v) is 7.95. The number of carbonyl (C=O) groups excluding carboxylic acids is 1. The van der Waals surface area contributed by atoms with Crippen molar-refractivity contribution < 1.29 is 23.7 Å². The molecule has 198 valence electrons. The Balaban J connectivity index is 1.49. The molecule has 0 saturated carbocycles. The number of thiophene rings is 1. The number of nitriles is 1. The average Bonchev–Trinajstić information content (AvgIpc) is 3.24. The number of nitrogens with zero attached hydrogens (tertiary/aromatic N) is 1. The van der Waals surface area contributed by atoms with Crippen LogP contribution in [0.25, 0.3) is 10.1 Å². The first kappa shape index (κ1) is 26.7. The molecular formula is C29H22Cl2N2O5S. The highest BCUT2D eigenvalue weighted by Crippen LogP contribution is 2.45. The van der Waals surface area contributed by atoms with Gasteiger partial charge in [-0.2, -0.15) is 5.26 Å². The summed E-state index contributed by atoms with van der Waals surface area (Å²) in [6.45, 7) is 4.71. The van der Waals surface area contributed by atoms with Crippen molar-refractivity contribution in [1.82, 2.24) is 0 Å². The van der Waals surface area contributed by atoms with E-state index in [1.807, 2.05) is 32.0 Å². The van der Waals surface area contributed by atoms with Crippen LogP contribution in [0.5, 0.6) is 23.0 Å². The van der Waals surface area contributed by atoms with E-state index in [9.17, 15) is 10.1 Å². The molecule has 2 N–H and O–H groups in total. The van der Waals surface area contributed by atoms with Crippen molar-refractivity contribution in [3.05, 3.63) is 92.1 Å². The Morgan fingerprint density at radius 1 is 1.05 bits per heavy atom. The third kappa shape index (κ3) is 5.09. The van der Waals surface area contributed by atoms with Gasteiger partial charge in [0.05, 0.1) is 24.2 Å². The first-order valence-electron chi connectivity index (χ1n) is 12.0. The highest BCUT2D eigenvalue weighted by molar-refractivity contribution is 7.21. The highest BCUT2D eigenvalue weighted by Gasteiger charge is 2.32. The van der Waals surface area contributed by atoms with Crippen molar-refractivity contribution in [2.45, 2.75) is 19.8 Å². The van der Waals surface area contributed by atoms with Crippen LogP contribution >= 0.6 is 34.5 Å². The number of ether oxygens (including phenoxy) is 4. The molecular weight excluding hydrogens is 559 g/mol. The Hall–Kier alpha value is -3.90. The summed E-state index contributed by atoms with van der Waals surface area (Å²) in [5.41, 5.74) is 7.88. The molecule has 0 aliphatic carbocycles. The van der Waals surface area contributed by atoms with E-state index in [-0.39, 0.29) is 22.1 Å². The van der Waals surface area contributed by atoms with Crippen molar-refractivity contribution in [1.29, 1.82) is 5.26 Å². The maximum absolute atomic E-state index is 13.0. The predicted octanol–water partition coefficient (Wildman–Crippen LogP) is 7.44. The number of rotatable bonds is 7. The molecule has 1 aromatic heterocycles. The second-order valence-electron chi connectivity index (χ2n) is 8.47. The first-order valence-corrected chi connectivity index (χ1v) is 13.6. The summed E-state index contributed by atoms with van der Waals surface area (Å²) in [6, 6.07) is 17.9. The molecule has 0 radical (unpaired) electrons. The largest absolute Gasteiger partial charge is 0.490 e. The van der Waals surface area contributed by atoms with E-state index >= 15 is 0 Å². The van der Waals surface area contributed by atoms with Gasteiger partial charge in [0.15, 0.2) is 11.5 Å². The maximum Gasteiger partial charge on any atom is 0.355 e. The molecule has 1 aliphatic heterocycles. The number of nitrogens with two attached hydrogens (primary N) is 1. The van der Waals surface area contributed by atoms with Crippen LogP contribution in [0, 0.1) is 11.3 Å². The van der Waals surface area contributed by atoms with Crippen molar-refractivity contribution in [3.63, 3.8) is 0 Å². The van der Waals surface area contributed by atoms with Gasteiger partial charge < -0.3 is 24.7 Å². The number of fused-ring (bicyclic) bond motifs is 2. The van der Waals surface area contributed by atoms with E-state index in [4.69, 9.17) is 47.9 Å². The van der Waals surface area contributed by atoms with Gasteiger partial charge >= 0.3 is 5.97 Å². The van der Waals surface area contributed by atoms with Gasteiger partial charge in [0.1, 0.15) is 28.0 Å². The minimum absolute atomic E-state index is 0.0326. The van der Waals surface area contributed by atoms with Crippen LogP contribution in [-0.2, 0) is 0 Å². The van der Waals surface area contributed by atoms with Gasteiger partial charge in [0.25, 0.3) is 0 Å². The zero-order valence-electron chi connectivity index (χ0n) is 20.9. The third-order valence-electron chi connectivity index (χ3n) is 6.08. The summed E-state index contributed by atoms with van der Waals surface area (Å²) in [5.74, 6) is 0.596. The molecule has 0 bridgehead atoms. The van der Waals surface area contributed by atoms with Gasteiger partial charge in [-0.05, 0) is 49.7 Å². The average molecular weight is 581 g/mol. The molecule has 0 amide bonds. The summed E-state index contributed by atoms with van der Waals surface area (Å²) < 4.78 is 23.7. The Morgan fingerprint density at radius 3 is 2.56 bits per heavy atom. The molecule has 39 heavy (non-hydrogen) atoms. The zero-order chi connectivity index (χ0) is 27.7. The van der Waals surface area contributed by atoms with E-state index in [0.717, 1.165) is 15.6 Å². The van der Waals surface area contributed by atoms with E-state index in [0.29, 0.717) is 46.1 Å². The van der Waals surface area contributed by atoms with E-state index in [1.54, 1.807) is 36.4 Å². The number of hydrogen-bond donors (Lipinski definition) is 1. The number of esters is 1. The van der Waals surface area contributed by atoms with Gasteiger partial charge in [0.2, 0.25) is 5.88 Å². The highest BCUT2D eigenvalue weighted by atomic mass is 35.5. The topological polar surface area (TPSA) is 104 Å². The zero-order valence-corrected chi connectivity index (χ0v) is 23.2. The van der Waals surface area contributed by atoms with Crippen molar-refractivity contribution in [2.24, 2.45) is 5.73 Å². The lowest BCUT2D eigenvalue weighted by molar-refractivity contribution is 0.0740. The lowest BCUT2D eigenvalue weighted by atomic mass is 9.83. The molecule has 1 aliphatic rings. The Bertz CT molecular complexity index is 1670. The van der Waals surface area contributed by atoms with E-state index in [2.05, 4.69) is 6.07 Å². The Kier molecular flexibility index (Phi) is 7.58. The quantitative estimate of drug-likeness (QED) is 0.179. The van der Waals surface area contributed by atoms with Gasteiger partial charge in [-0.15, -0.1) is 11.3 Å². The molecule has 3 aromatic carbocycles. The maximum atomic E-state index is 13.0. The van der Waals surface area contributed by atoms with E-state index < -0.39 is 11.9 Å². The summed E-state index contributed by atoms with van der Waals surface area (Å²) in [6.07, 6.45) is 0. The molecule has 2 heterocycles. The van der Waals surface area contributed by atoms with Crippen LogP contribution in [0.15, 0.2) is 66.1 Å². The summed E-state index contributed by atoms with van der Waals surface area (Å²) in [5, 5.41) is 11.5. The molecule has 5 rings (SSSR count). The normalized spacial score (nSPS) is 14.4. The monoisotopic (exact) mass is 580 g/mol. The molecule has 1 unspecified atom stereocenters. The lowest BCUT2D eigenvalue weighted by Crippen LogP contribution is -2.21. The Morgan fingerprint density at radius 2 is 1.82 bits per heavy atom. The van der Waals surface area contributed by atoms with Crippen molar-refractivity contribution >= 4 is 50.6 Å². The molecule has 1 atom stereocenters. The van der Waals surface area contributed by atoms with Crippen LogP contribution in [0.2, 0.25) is 10.0 Å². The van der Waals surface area contributed by atoms with Gasteiger partial charge in [-0.1, -0.05) is 41.4 Å².